The molecule has 0 radical (unpaired) electrons. The number of aryl methyl sites for hydroxylation is 2. The highest BCUT2D eigenvalue weighted by Gasteiger charge is 2.11. The molecule has 0 unspecified atom stereocenters. The Morgan fingerprint density at radius 3 is 2.36 bits per heavy atom. The Labute approximate surface area is 143 Å². The number of hydrogen-bond acceptors (Lipinski definition) is 3. The number of aromatic amines is 2. The van der Waals surface area contributed by atoms with Crippen molar-refractivity contribution in [3.8, 4) is 0 Å². The topological polar surface area (TPSA) is 94.8 Å². The summed E-state index contributed by atoms with van der Waals surface area (Å²) in [6, 6.07) is 13.0. The lowest BCUT2D eigenvalue weighted by Crippen LogP contribution is -2.21. The molecule has 25 heavy (non-hydrogen) atoms. The van der Waals surface area contributed by atoms with E-state index in [9.17, 15) is 14.4 Å². The van der Waals surface area contributed by atoms with Gasteiger partial charge in [0.15, 0.2) is 0 Å². The van der Waals surface area contributed by atoms with Gasteiger partial charge in [0.25, 0.3) is 11.1 Å². The van der Waals surface area contributed by atoms with Crippen LogP contribution >= 0.6 is 0 Å². The van der Waals surface area contributed by atoms with E-state index in [0.717, 1.165) is 12.0 Å². The number of anilines is 1. The van der Waals surface area contributed by atoms with Crippen LogP contribution in [-0.4, -0.2) is 16.1 Å². The lowest BCUT2D eigenvalue weighted by atomic mass is 10.1. The van der Waals surface area contributed by atoms with Gasteiger partial charge in [0.1, 0.15) is 0 Å². The monoisotopic (exact) mass is 337 g/mol. The maximum atomic E-state index is 12.2. The van der Waals surface area contributed by atoms with Crippen molar-refractivity contribution < 1.29 is 4.79 Å². The molecule has 0 aliphatic rings. The maximum Gasteiger partial charge on any atom is 0.272 e. The molecule has 3 N–H and O–H groups in total. The average Bonchev–Trinajstić information content (AvgIpc) is 2.63. The van der Waals surface area contributed by atoms with Crippen molar-refractivity contribution >= 4 is 22.4 Å². The number of amides is 1. The van der Waals surface area contributed by atoms with Crippen LogP contribution in [-0.2, 0) is 17.6 Å². The summed E-state index contributed by atoms with van der Waals surface area (Å²) in [7, 11) is 0. The molecular weight excluding hydrogens is 318 g/mol. The Bertz CT molecular complexity index is 1020. The fraction of sp³-hybridized carbons (Fsp3) is 0.211. The summed E-state index contributed by atoms with van der Waals surface area (Å²) in [4.78, 5) is 36.0. The zero-order chi connectivity index (χ0) is 17.8. The summed E-state index contributed by atoms with van der Waals surface area (Å²) < 4.78 is 0. The molecule has 0 fully saturated rings. The van der Waals surface area contributed by atoms with Gasteiger partial charge in [0.2, 0.25) is 5.91 Å². The molecule has 1 heterocycles. The van der Waals surface area contributed by atoms with Gasteiger partial charge in [-0.05, 0) is 36.1 Å². The van der Waals surface area contributed by atoms with Crippen LogP contribution in [0.3, 0.4) is 0 Å². The van der Waals surface area contributed by atoms with Gasteiger partial charge in [-0.15, -0.1) is 0 Å². The van der Waals surface area contributed by atoms with Crippen LogP contribution in [0.2, 0.25) is 0 Å². The number of fused-ring (bicyclic) bond motifs is 1. The van der Waals surface area contributed by atoms with Crippen molar-refractivity contribution in [1.82, 2.24) is 10.2 Å². The van der Waals surface area contributed by atoms with E-state index in [0.29, 0.717) is 18.5 Å². The smallest absolute Gasteiger partial charge is 0.272 e. The molecule has 128 valence electrons. The van der Waals surface area contributed by atoms with Gasteiger partial charge in [-0.1, -0.05) is 37.3 Å². The van der Waals surface area contributed by atoms with Crippen molar-refractivity contribution in [2.75, 3.05) is 5.32 Å². The fourth-order valence-electron chi connectivity index (χ4n) is 2.75. The van der Waals surface area contributed by atoms with E-state index in [-0.39, 0.29) is 16.7 Å². The average molecular weight is 337 g/mol. The Morgan fingerprint density at radius 2 is 1.64 bits per heavy atom. The van der Waals surface area contributed by atoms with E-state index >= 15 is 0 Å². The Kier molecular flexibility index (Phi) is 4.79. The molecule has 1 aromatic heterocycles. The van der Waals surface area contributed by atoms with Gasteiger partial charge >= 0.3 is 0 Å². The fourth-order valence-corrected chi connectivity index (χ4v) is 2.75. The minimum Gasteiger partial charge on any atom is -0.325 e. The number of benzene rings is 2. The van der Waals surface area contributed by atoms with Gasteiger partial charge in [0.05, 0.1) is 16.5 Å². The van der Waals surface area contributed by atoms with Crippen molar-refractivity contribution in [2.24, 2.45) is 0 Å². The van der Waals surface area contributed by atoms with Crippen LogP contribution in [0.1, 0.15) is 24.5 Å². The first-order valence-corrected chi connectivity index (χ1v) is 8.20. The highest BCUT2D eigenvalue weighted by atomic mass is 16.2. The number of nitrogens with one attached hydrogen (secondary N) is 3. The van der Waals surface area contributed by atoms with Crippen molar-refractivity contribution in [3.63, 3.8) is 0 Å². The lowest BCUT2D eigenvalue weighted by molar-refractivity contribution is -0.116. The number of aromatic nitrogens is 2. The molecule has 6 heteroatoms. The van der Waals surface area contributed by atoms with Gasteiger partial charge in [-0.3, -0.25) is 24.6 Å². The number of rotatable bonds is 5. The van der Waals surface area contributed by atoms with E-state index in [1.165, 1.54) is 5.56 Å². The minimum absolute atomic E-state index is 0.187. The molecule has 6 nitrogen and oxygen atoms in total. The molecule has 2 aromatic carbocycles. The number of H-pyrrole nitrogens is 2. The van der Waals surface area contributed by atoms with Crippen LogP contribution in [0.15, 0.2) is 52.1 Å². The molecule has 3 rings (SSSR count). The van der Waals surface area contributed by atoms with Crippen molar-refractivity contribution in [2.45, 2.75) is 26.2 Å². The van der Waals surface area contributed by atoms with Crippen molar-refractivity contribution in [3.05, 3.63) is 74.3 Å². The molecule has 3 aromatic rings. The second kappa shape index (κ2) is 7.17. The molecule has 0 aliphatic carbocycles. The highest BCUT2D eigenvalue weighted by molar-refractivity contribution is 6.01. The van der Waals surface area contributed by atoms with E-state index in [1.807, 2.05) is 12.1 Å². The van der Waals surface area contributed by atoms with E-state index < -0.39 is 11.1 Å². The van der Waals surface area contributed by atoms with Crippen molar-refractivity contribution in [1.29, 1.82) is 0 Å². The largest absolute Gasteiger partial charge is 0.325 e. The SMILES string of the molecule is CCc1ccc(CCC(=O)Nc2cccc3c(=O)[nH][nH]c(=O)c23)cc1. The number of carbonyl (C=O) groups excluding carboxylic acids is 1. The second-order valence-electron chi connectivity index (χ2n) is 5.85. The predicted molar refractivity (Wildman–Crippen MR) is 98.0 cm³/mol. The van der Waals surface area contributed by atoms with Gasteiger partial charge in [0, 0.05) is 6.42 Å². The third-order valence-electron chi connectivity index (χ3n) is 4.17. The Morgan fingerprint density at radius 1 is 0.960 bits per heavy atom. The Hall–Kier alpha value is -3.15. The van der Waals surface area contributed by atoms with Gasteiger partial charge in [-0.2, -0.15) is 0 Å². The maximum absolute atomic E-state index is 12.2. The van der Waals surface area contributed by atoms with Gasteiger partial charge < -0.3 is 5.32 Å². The Balaban J connectivity index is 1.75. The first-order chi connectivity index (χ1) is 12.1. The van der Waals surface area contributed by atoms with E-state index in [4.69, 9.17) is 0 Å². The number of carbonyl (C=O) groups is 1. The van der Waals surface area contributed by atoms with Gasteiger partial charge in [-0.25, -0.2) is 0 Å². The summed E-state index contributed by atoms with van der Waals surface area (Å²) in [5, 5.41) is 7.72. The predicted octanol–water partition coefficient (Wildman–Crippen LogP) is 2.35. The third-order valence-corrected chi connectivity index (χ3v) is 4.17. The molecule has 1 amide bonds. The number of hydrogen-bond donors (Lipinski definition) is 3. The van der Waals surface area contributed by atoms with Crippen LogP contribution in [0.25, 0.3) is 10.8 Å². The summed E-state index contributed by atoms with van der Waals surface area (Å²) in [5.41, 5.74) is 1.84. The second-order valence-corrected chi connectivity index (χ2v) is 5.85. The molecule has 0 atom stereocenters. The first-order valence-electron chi connectivity index (χ1n) is 8.20. The minimum atomic E-state index is -0.444. The van der Waals surface area contributed by atoms with Crippen LogP contribution < -0.4 is 16.4 Å². The molecule has 0 saturated carbocycles. The van der Waals surface area contributed by atoms with Crippen LogP contribution in [0.5, 0.6) is 0 Å². The van der Waals surface area contributed by atoms with Crippen LogP contribution in [0.4, 0.5) is 5.69 Å². The lowest BCUT2D eigenvalue weighted by Gasteiger charge is -2.08. The summed E-state index contributed by atoms with van der Waals surface area (Å²) in [6.45, 7) is 2.10. The quantitative estimate of drug-likeness (QED) is 0.667. The van der Waals surface area contributed by atoms with E-state index in [2.05, 4.69) is 34.6 Å². The molecule has 0 bridgehead atoms. The molecule has 0 saturated heterocycles. The molecule has 0 spiro atoms. The summed E-state index contributed by atoms with van der Waals surface area (Å²) >= 11 is 0. The highest BCUT2D eigenvalue weighted by Crippen LogP contribution is 2.17. The first kappa shape index (κ1) is 16.7. The zero-order valence-corrected chi connectivity index (χ0v) is 13.9. The zero-order valence-electron chi connectivity index (χ0n) is 13.9. The summed E-state index contributed by atoms with van der Waals surface area (Å²) in [5.74, 6) is -0.202. The van der Waals surface area contributed by atoms with E-state index in [1.54, 1.807) is 18.2 Å². The third kappa shape index (κ3) is 3.68. The van der Waals surface area contributed by atoms with Crippen LogP contribution in [0, 0.1) is 0 Å². The normalized spacial score (nSPS) is 10.8. The molecular formula is C19H19N3O3. The summed E-state index contributed by atoms with van der Waals surface area (Å²) in [6.07, 6.45) is 1.88. The standard InChI is InChI=1S/C19H19N3O3/c1-2-12-6-8-13(9-7-12)10-11-16(23)20-15-5-3-4-14-17(15)19(25)22-21-18(14)24/h3-9H,2,10-11H2,1H3,(H,20,23)(H,21,24)(H,22,25). The molecule has 0 aliphatic heterocycles.